The first-order valence-corrected chi connectivity index (χ1v) is 4.98. The summed E-state index contributed by atoms with van der Waals surface area (Å²) < 4.78 is 13.0. The van der Waals surface area contributed by atoms with Gasteiger partial charge in [0, 0.05) is 10.6 Å². The number of phenolic OH excluding ortho intramolecular Hbond substituents is 1. The van der Waals surface area contributed by atoms with Crippen LogP contribution < -0.4 is 0 Å². The second-order valence-electron chi connectivity index (χ2n) is 2.99. The van der Waals surface area contributed by atoms with Crippen LogP contribution >= 0.6 is 23.2 Å². The molecule has 0 heterocycles. The van der Waals surface area contributed by atoms with Gasteiger partial charge in [-0.15, -0.1) is 11.6 Å². The van der Waals surface area contributed by atoms with E-state index in [-0.39, 0.29) is 16.5 Å². The average molecular weight is 255 g/mol. The summed E-state index contributed by atoms with van der Waals surface area (Å²) in [5, 5.41) is 28.0. The molecule has 3 N–H and O–H groups in total. The van der Waals surface area contributed by atoms with E-state index in [4.69, 9.17) is 23.2 Å². The van der Waals surface area contributed by atoms with Gasteiger partial charge >= 0.3 is 0 Å². The molecule has 84 valence electrons. The number of aromatic hydroxyl groups is 1. The van der Waals surface area contributed by atoms with Crippen molar-refractivity contribution in [2.45, 2.75) is 12.2 Å². The van der Waals surface area contributed by atoms with Crippen molar-refractivity contribution >= 4 is 23.2 Å². The first-order valence-electron chi connectivity index (χ1n) is 4.07. The van der Waals surface area contributed by atoms with Crippen LogP contribution in [0, 0.1) is 5.82 Å². The molecule has 3 nitrogen and oxygen atoms in total. The van der Waals surface area contributed by atoms with E-state index in [9.17, 15) is 19.7 Å². The molecule has 0 spiro atoms. The smallest absolute Gasteiger partial charge is 0.166 e. The summed E-state index contributed by atoms with van der Waals surface area (Å²) in [6, 6.07) is 2.07. The zero-order chi connectivity index (χ0) is 11.6. The van der Waals surface area contributed by atoms with E-state index in [1.165, 1.54) is 6.07 Å². The number of aliphatic hydroxyl groups excluding tert-OH is 2. The average Bonchev–Trinajstić information content (AvgIpc) is 2.21. The Kier molecular flexibility index (Phi) is 4.16. The summed E-state index contributed by atoms with van der Waals surface area (Å²) in [6.45, 7) is 0. The molecular weight excluding hydrogens is 246 g/mol. The molecule has 1 aromatic rings. The maximum absolute atomic E-state index is 13.0. The molecule has 15 heavy (non-hydrogen) atoms. The molecule has 2 atom stereocenters. The van der Waals surface area contributed by atoms with Crippen molar-refractivity contribution in [1.82, 2.24) is 0 Å². The van der Waals surface area contributed by atoms with E-state index < -0.39 is 23.8 Å². The van der Waals surface area contributed by atoms with Crippen LogP contribution in [0.4, 0.5) is 4.39 Å². The van der Waals surface area contributed by atoms with Crippen molar-refractivity contribution in [3.63, 3.8) is 0 Å². The molecule has 0 aromatic heterocycles. The highest BCUT2D eigenvalue weighted by atomic mass is 35.5. The van der Waals surface area contributed by atoms with Gasteiger partial charge in [-0.25, -0.2) is 4.39 Å². The predicted molar refractivity (Wildman–Crippen MR) is 54.8 cm³/mol. The number of halogens is 3. The second kappa shape index (κ2) is 4.99. The third-order valence-corrected chi connectivity index (χ3v) is 2.43. The highest BCUT2D eigenvalue weighted by molar-refractivity contribution is 6.30. The van der Waals surface area contributed by atoms with Crippen molar-refractivity contribution in [2.24, 2.45) is 0 Å². The minimum Gasteiger partial charge on any atom is -0.505 e. The normalized spacial score (nSPS) is 15.0. The second-order valence-corrected chi connectivity index (χ2v) is 3.74. The van der Waals surface area contributed by atoms with E-state index in [2.05, 4.69) is 0 Å². The molecule has 0 aliphatic carbocycles. The molecule has 2 unspecified atom stereocenters. The van der Waals surface area contributed by atoms with Crippen LogP contribution in [0.1, 0.15) is 11.7 Å². The lowest BCUT2D eigenvalue weighted by Gasteiger charge is -2.17. The fraction of sp³-hybridized carbons (Fsp3) is 0.333. The van der Waals surface area contributed by atoms with E-state index in [0.29, 0.717) is 0 Å². The summed E-state index contributed by atoms with van der Waals surface area (Å²) >= 11 is 10.8. The molecule has 1 rings (SSSR count). The SMILES string of the molecule is Oc1c(F)cc(Cl)cc1C(O)C(O)CCl. The van der Waals surface area contributed by atoms with Gasteiger partial charge in [0.1, 0.15) is 6.10 Å². The minimum atomic E-state index is -1.48. The third kappa shape index (κ3) is 2.72. The Morgan fingerprint density at radius 1 is 1.33 bits per heavy atom. The van der Waals surface area contributed by atoms with Crippen LogP contribution in [-0.2, 0) is 0 Å². The lowest BCUT2D eigenvalue weighted by molar-refractivity contribution is 0.0309. The molecule has 0 saturated carbocycles. The Hall–Kier alpha value is -0.550. The molecule has 0 aliphatic rings. The quantitative estimate of drug-likeness (QED) is 0.722. The molecule has 0 aliphatic heterocycles. The summed E-state index contributed by atoms with van der Waals surface area (Å²) in [5.41, 5.74) is -0.187. The molecule has 1 aromatic carbocycles. The van der Waals surface area contributed by atoms with Gasteiger partial charge in [-0.2, -0.15) is 0 Å². The van der Waals surface area contributed by atoms with Gasteiger partial charge in [0.25, 0.3) is 0 Å². The van der Waals surface area contributed by atoms with Gasteiger partial charge < -0.3 is 15.3 Å². The summed E-state index contributed by atoms with van der Waals surface area (Å²) in [6.07, 6.45) is -2.77. The van der Waals surface area contributed by atoms with Gasteiger partial charge in [-0.1, -0.05) is 11.6 Å². The first-order chi connectivity index (χ1) is 6.97. The van der Waals surface area contributed by atoms with Crippen molar-refractivity contribution in [3.05, 3.63) is 28.5 Å². The van der Waals surface area contributed by atoms with Gasteiger partial charge in [0.05, 0.1) is 12.0 Å². The highest BCUT2D eigenvalue weighted by Gasteiger charge is 2.22. The standard InChI is InChI=1S/C9H9Cl2FO3/c10-3-7(13)9(15)5-1-4(11)2-6(12)8(5)14/h1-2,7,9,13-15H,3H2. The Bertz CT molecular complexity index is 359. The van der Waals surface area contributed by atoms with Crippen molar-refractivity contribution in [3.8, 4) is 5.75 Å². The fourth-order valence-electron chi connectivity index (χ4n) is 1.10. The summed E-state index contributed by atoms with van der Waals surface area (Å²) in [4.78, 5) is 0. The molecule has 0 saturated heterocycles. The zero-order valence-electron chi connectivity index (χ0n) is 7.49. The van der Waals surface area contributed by atoms with Gasteiger partial charge in [0.15, 0.2) is 11.6 Å². The summed E-state index contributed by atoms with van der Waals surface area (Å²) in [7, 11) is 0. The highest BCUT2D eigenvalue weighted by Crippen LogP contribution is 2.32. The van der Waals surface area contributed by atoms with E-state index >= 15 is 0 Å². The molecule has 0 radical (unpaired) electrons. The number of benzene rings is 1. The predicted octanol–water partition coefficient (Wildman–Crippen LogP) is 1.82. The number of alkyl halides is 1. The zero-order valence-corrected chi connectivity index (χ0v) is 9.00. The van der Waals surface area contributed by atoms with Crippen LogP contribution in [0.5, 0.6) is 5.75 Å². The topological polar surface area (TPSA) is 60.7 Å². The molecule has 0 bridgehead atoms. The summed E-state index contributed by atoms with van der Waals surface area (Å²) in [5.74, 6) is -1.94. The van der Waals surface area contributed by atoms with E-state index in [1.54, 1.807) is 0 Å². The Morgan fingerprint density at radius 2 is 1.93 bits per heavy atom. The lowest BCUT2D eigenvalue weighted by Crippen LogP contribution is -2.20. The number of rotatable bonds is 3. The van der Waals surface area contributed by atoms with Crippen molar-refractivity contribution in [1.29, 1.82) is 0 Å². The Labute approximate surface area is 95.7 Å². The van der Waals surface area contributed by atoms with Crippen LogP contribution in [0.25, 0.3) is 0 Å². The lowest BCUT2D eigenvalue weighted by atomic mass is 10.0. The van der Waals surface area contributed by atoms with Crippen LogP contribution in [0.3, 0.4) is 0 Å². The molecule has 0 fully saturated rings. The monoisotopic (exact) mass is 254 g/mol. The first kappa shape index (κ1) is 12.5. The molecular formula is C9H9Cl2FO3. The Morgan fingerprint density at radius 3 is 2.47 bits per heavy atom. The molecule has 6 heteroatoms. The largest absolute Gasteiger partial charge is 0.505 e. The minimum absolute atomic E-state index is 0.0149. The van der Waals surface area contributed by atoms with Crippen molar-refractivity contribution in [2.75, 3.05) is 5.88 Å². The number of phenols is 1. The number of hydrogen-bond donors (Lipinski definition) is 3. The van der Waals surface area contributed by atoms with Crippen LogP contribution in [-0.4, -0.2) is 27.3 Å². The van der Waals surface area contributed by atoms with Crippen molar-refractivity contribution < 1.29 is 19.7 Å². The van der Waals surface area contributed by atoms with E-state index in [0.717, 1.165) is 6.07 Å². The van der Waals surface area contributed by atoms with Gasteiger partial charge in [-0.3, -0.25) is 0 Å². The van der Waals surface area contributed by atoms with Gasteiger partial charge in [0.2, 0.25) is 0 Å². The fourth-order valence-corrected chi connectivity index (χ4v) is 1.49. The van der Waals surface area contributed by atoms with Crippen LogP contribution in [0.15, 0.2) is 12.1 Å². The molecule has 0 amide bonds. The Balaban J connectivity index is 3.13. The third-order valence-electron chi connectivity index (χ3n) is 1.90. The maximum atomic E-state index is 13.0. The van der Waals surface area contributed by atoms with Crippen LogP contribution in [0.2, 0.25) is 5.02 Å². The number of aliphatic hydroxyl groups is 2. The van der Waals surface area contributed by atoms with Gasteiger partial charge in [-0.05, 0) is 12.1 Å². The number of hydrogen-bond acceptors (Lipinski definition) is 3. The van der Waals surface area contributed by atoms with E-state index in [1.807, 2.05) is 0 Å². The maximum Gasteiger partial charge on any atom is 0.166 e.